The summed E-state index contributed by atoms with van der Waals surface area (Å²) < 4.78 is 0. The van der Waals surface area contributed by atoms with E-state index in [0.717, 1.165) is 23.3 Å². The normalized spacial score (nSPS) is 29.0. The lowest BCUT2D eigenvalue weighted by atomic mass is 9.92. The van der Waals surface area contributed by atoms with Crippen molar-refractivity contribution >= 4 is 35.4 Å². The van der Waals surface area contributed by atoms with Crippen LogP contribution in [0.3, 0.4) is 0 Å². The van der Waals surface area contributed by atoms with Crippen LogP contribution < -0.4 is 21.7 Å². The van der Waals surface area contributed by atoms with Crippen LogP contribution >= 0.6 is 0 Å². The summed E-state index contributed by atoms with van der Waals surface area (Å²) in [5, 5.41) is 9.19. The maximum Gasteiger partial charge on any atom is 0.252 e. The van der Waals surface area contributed by atoms with E-state index in [9.17, 15) is 28.8 Å². The van der Waals surface area contributed by atoms with Gasteiger partial charge in [0, 0.05) is 19.5 Å². The fourth-order valence-corrected chi connectivity index (χ4v) is 8.04. The highest BCUT2D eigenvalue weighted by Crippen LogP contribution is 2.28. The molecule has 13 heteroatoms. The molecule has 13 nitrogen and oxygen atoms in total. The van der Waals surface area contributed by atoms with Gasteiger partial charge in [-0.25, -0.2) is 0 Å². The number of nitrogens with zero attached hydrogens (tertiary/aromatic N) is 3. The Morgan fingerprint density at radius 2 is 1.53 bits per heavy atom. The van der Waals surface area contributed by atoms with Gasteiger partial charge < -0.3 is 31.5 Å². The van der Waals surface area contributed by atoms with E-state index in [2.05, 4.69) is 16.0 Å². The minimum absolute atomic E-state index is 0.184. The Morgan fingerprint density at radius 1 is 0.824 bits per heavy atom. The largest absolute Gasteiger partial charge is 0.342 e. The average Bonchev–Trinajstić information content (AvgIpc) is 3.66. The molecule has 0 spiro atoms. The Morgan fingerprint density at radius 3 is 2.24 bits per heavy atom. The monoisotopic (exact) mass is 707 g/mol. The van der Waals surface area contributed by atoms with Gasteiger partial charge in [-0.15, -0.1) is 0 Å². The van der Waals surface area contributed by atoms with E-state index < -0.39 is 71.7 Å². The summed E-state index contributed by atoms with van der Waals surface area (Å²) in [6, 6.07) is 3.68. The number of hydrogen-bond donors (Lipinski definition) is 4. The first kappa shape index (κ1) is 38.4. The second-order valence-corrected chi connectivity index (χ2v) is 14.7. The van der Waals surface area contributed by atoms with E-state index in [4.69, 9.17) is 5.73 Å². The Labute approximate surface area is 301 Å². The molecule has 0 radical (unpaired) electrons. The number of carbonyl (C=O) groups excluding carboxylic acids is 6. The number of fused-ring (bicyclic) bond motifs is 2. The van der Waals surface area contributed by atoms with Gasteiger partial charge >= 0.3 is 0 Å². The molecule has 0 bridgehead atoms. The maximum atomic E-state index is 15.0. The summed E-state index contributed by atoms with van der Waals surface area (Å²) in [6.07, 6.45) is 6.87. The van der Waals surface area contributed by atoms with Gasteiger partial charge in [-0.2, -0.15) is 0 Å². The van der Waals surface area contributed by atoms with Crippen LogP contribution in [0, 0.1) is 5.92 Å². The van der Waals surface area contributed by atoms with Crippen molar-refractivity contribution in [2.75, 3.05) is 26.2 Å². The van der Waals surface area contributed by atoms with Crippen LogP contribution in [0.25, 0.3) is 0 Å². The molecular weight excluding hydrogens is 650 g/mol. The standard InChI is InChI=1S/C38H57N7O6/c1-3-25(2)32-38(51)44-22-12-9-17-30(44)37(50)45(35(48)27-16-8-11-21-40-27)31(18-7-10-20-39)36(49)43-23-13-19-29(43)34(47)41-28(33(46)42-32)24-26-14-5-4-6-15-26/h4-6,14-15,25,27-32,40H,3,7-13,16-24,39H2,1-2H3,(H,41,47)(H,42,46)/t25?,27?,28-,29+,30?,31-,32+/m1/s1. The number of hydrogen-bond acceptors (Lipinski definition) is 8. The third kappa shape index (κ3) is 8.97. The van der Waals surface area contributed by atoms with Crippen LogP contribution in [-0.2, 0) is 35.2 Å². The van der Waals surface area contributed by atoms with E-state index in [1.54, 1.807) is 0 Å². The lowest BCUT2D eigenvalue weighted by molar-refractivity contribution is -0.163. The van der Waals surface area contributed by atoms with Gasteiger partial charge in [-0.3, -0.25) is 33.7 Å². The zero-order valence-electron chi connectivity index (χ0n) is 30.3. The molecule has 4 fully saturated rings. The highest BCUT2D eigenvalue weighted by atomic mass is 16.2. The smallest absolute Gasteiger partial charge is 0.252 e. The lowest BCUT2D eigenvalue weighted by Gasteiger charge is -2.42. The van der Waals surface area contributed by atoms with Crippen molar-refractivity contribution in [2.24, 2.45) is 11.7 Å². The first-order valence-electron chi connectivity index (χ1n) is 19.2. The van der Waals surface area contributed by atoms with Gasteiger partial charge in [0.25, 0.3) is 5.91 Å². The minimum Gasteiger partial charge on any atom is -0.342 e. The maximum absolute atomic E-state index is 15.0. The Balaban J connectivity index is 1.62. The van der Waals surface area contributed by atoms with E-state index in [-0.39, 0.29) is 31.8 Å². The summed E-state index contributed by atoms with van der Waals surface area (Å²) in [4.78, 5) is 91.4. The molecule has 5 rings (SSSR count). The first-order valence-corrected chi connectivity index (χ1v) is 19.2. The van der Waals surface area contributed by atoms with Crippen LogP contribution in [0.5, 0.6) is 0 Å². The van der Waals surface area contributed by atoms with E-state index >= 15 is 0 Å². The molecule has 3 unspecified atom stereocenters. The molecule has 0 saturated carbocycles. The molecule has 0 aliphatic carbocycles. The second kappa shape index (κ2) is 18.1. The van der Waals surface area contributed by atoms with Gasteiger partial charge in [0.15, 0.2) is 0 Å². The van der Waals surface area contributed by atoms with Crippen LogP contribution in [0.1, 0.15) is 96.5 Å². The second-order valence-electron chi connectivity index (χ2n) is 14.7. The number of benzene rings is 1. The molecule has 1 aromatic rings. The zero-order valence-corrected chi connectivity index (χ0v) is 30.3. The van der Waals surface area contributed by atoms with Gasteiger partial charge in [0.05, 0.1) is 6.04 Å². The number of carbonyl (C=O) groups is 6. The Kier molecular flexibility index (Phi) is 13.6. The number of amides is 6. The number of imide groups is 1. The average molecular weight is 708 g/mol. The summed E-state index contributed by atoms with van der Waals surface area (Å²) >= 11 is 0. The molecular formula is C38H57N7O6. The van der Waals surface area contributed by atoms with Crippen molar-refractivity contribution in [3.8, 4) is 0 Å². The van der Waals surface area contributed by atoms with Crippen molar-refractivity contribution in [3.05, 3.63) is 35.9 Å². The molecule has 51 heavy (non-hydrogen) atoms. The quantitative estimate of drug-likeness (QED) is 0.221. The molecule has 280 valence electrons. The minimum atomic E-state index is -1.16. The Hall–Kier alpha value is -3.84. The van der Waals surface area contributed by atoms with Crippen molar-refractivity contribution in [1.29, 1.82) is 0 Å². The zero-order chi connectivity index (χ0) is 36.5. The predicted octanol–water partition coefficient (Wildman–Crippen LogP) is 1.63. The Bertz CT molecular complexity index is 1400. The van der Waals surface area contributed by atoms with Crippen LogP contribution in [0.15, 0.2) is 30.3 Å². The van der Waals surface area contributed by atoms with Crippen LogP contribution in [0.4, 0.5) is 0 Å². The molecule has 0 aromatic heterocycles. The molecule has 5 N–H and O–H groups in total. The highest BCUT2D eigenvalue weighted by Gasteiger charge is 2.48. The van der Waals surface area contributed by atoms with Gasteiger partial charge in [-0.1, -0.05) is 57.0 Å². The fraction of sp³-hybridized carbons (Fsp3) is 0.684. The van der Waals surface area contributed by atoms with Crippen molar-refractivity contribution in [3.63, 3.8) is 0 Å². The summed E-state index contributed by atoms with van der Waals surface area (Å²) in [6.45, 7) is 5.38. The van der Waals surface area contributed by atoms with Crippen molar-refractivity contribution in [1.82, 2.24) is 30.7 Å². The van der Waals surface area contributed by atoms with Gasteiger partial charge in [0.2, 0.25) is 29.5 Å². The van der Waals surface area contributed by atoms with Crippen LogP contribution in [0.2, 0.25) is 0 Å². The van der Waals surface area contributed by atoms with Gasteiger partial charge in [0.1, 0.15) is 30.2 Å². The number of nitrogens with one attached hydrogen (secondary N) is 3. The van der Waals surface area contributed by atoms with Crippen molar-refractivity contribution < 1.29 is 28.8 Å². The summed E-state index contributed by atoms with van der Waals surface area (Å²) in [5.74, 6) is -3.17. The van der Waals surface area contributed by atoms with Crippen LogP contribution in [-0.4, -0.2) is 113 Å². The fourth-order valence-electron chi connectivity index (χ4n) is 8.04. The lowest BCUT2D eigenvalue weighted by Crippen LogP contribution is -2.65. The SMILES string of the molecule is CCC(C)[C@@H]1NC(=O)[C@@H](Cc2ccccc2)NC(=O)[C@@H]2CCCN2C(=O)[C@@H](CCCCN)N(C(=O)C2CCCCN2)C(=O)C2CCCCN2C1=O. The molecule has 1 aromatic carbocycles. The number of nitrogens with two attached hydrogens (primary N) is 1. The number of unbranched alkanes of at least 4 members (excludes halogenated alkanes) is 1. The third-order valence-corrected chi connectivity index (χ3v) is 11.2. The molecule has 4 aliphatic heterocycles. The molecule has 4 saturated heterocycles. The molecule has 4 heterocycles. The number of piperidine rings is 2. The van der Waals surface area contributed by atoms with E-state index in [1.807, 2.05) is 44.2 Å². The van der Waals surface area contributed by atoms with E-state index in [0.29, 0.717) is 70.9 Å². The van der Waals surface area contributed by atoms with Crippen molar-refractivity contribution in [2.45, 2.75) is 134 Å². The summed E-state index contributed by atoms with van der Waals surface area (Å²) in [7, 11) is 0. The molecule has 7 atom stereocenters. The highest BCUT2D eigenvalue weighted by molar-refractivity contribution is 6.06. The topological polar surface area (TPSA) is 174 Å². The molecule has 6 amide bonds. The summed E-state index contributed by atoms with van der Waals surface area (Å²) in [5.41, 5.74) is 6.68. The van der Waals surface area contributed by atoms with Gasteiger partial charge in [-0.05, 0) is 88.8 Å². The van der Waals surface area contributed by atoms with E-state index in [1.165, 1.54) is 9.80 Å². The third-order valence-electron chi connectivity index (χ3n) is 11.2. The number of rotatable bonds is 9. The predicted molar refractivity (Wildman–Crippen MR) is 192 cm³/mol. The first-order chi connectivity index (χ1) is 24.7. The molecule has 4 aliphatic rings.